The molecule has 29 heavy (non-hydrogen) atoms. The zero-order chi connectivity index (χ0) is 20.2. The number of rotatable bonds is 5. The minimum absolute atomic E-state index is 0.0418. The van der Waals surface area contributed by atoms with Gasteiger partial charge in [-0.25, -0.2) is 9.97 Å². The second kappa shape index (κ2) is 8.87. The summed E-state index contributed by atoms with van der Waals surface area (Å²) >= 11 is 3.42. The van der Waals surface area contributed by atoms with Crippen molar-refractivity contribution in [1.82, 2.24) is 15.3 Å². The smallest absolute Gasteiger partial charge is 0.227 e. The van der Waals surface area contributed by atoms with Gasteiger partial charge in [-0.15, -0.1) is 0 Å². The van der Waals surface area contributed by atoms with E-state index in [4.69, 9.17) is 4.74 Å². The van der Waals surface area contributed by atoms with Crippen molar-refractivity contribution in [2.24, 2.45) is 5.92 Å². The summed E-state index contributed by atoms with van der Waals surface area (Å²) in [5.41, 5.74) is 1.54. The van der Waals surface area contributed by atoms with Gasteiger partial charge in [0.25, 0.3) is 0 Å². The Morgan fingerprint density at radius 3 is 2.90 bits per heavy atom. The molecule has 2 amide bonds. The van der Waals surface area contributed by atoms with Crippen LogP contribution in [0.5, 0.6) is 0 Å². The summed E-state index contributed by atoms with van der Waals surface area (Å²) in [4.78, 5) is 37.6. The maximum atomic E-state index is 12.6. The third-order valence-corrected chi connectivity index (χ3v) is 5.55. The van der Waals surface area contributed by atoms with Gasteiger partial charge in [-0.3, -0.25) is 9.59 Å². The SMILES string of the molecule is O=C(NCc1ccnc(N2CCOCC2)n1)C1CC(=O)N(c2cccc(Br)c2)C1. The number of nitrogens with one attached hydrogen (secondary N) is 1. The van der Waals surface area contributed by atoms with E-state index in [0.29, 0.717) is 32.3 Å². The third-order valence-electron chi connectivity index (χ3n) is 5.05. The van der Waals surface area contributed by atoms with Gasteiger partial charge in [0, 0.05) is 42.4 Å². The Labute approximate surface area is 177 Å². The maximum Gasteiger partial charge on any atom is 0.227 e. The molecule has 2 aliphatic heterocycles. The van der Waals surface area contributed by atoms with E-state index in [-0.39, 0.29) is 24.2 Å². The highest BCUT2D eigenvalue weighted by molar-refractivity contribution is 9.10. The Bertz CT molecular complexity index is 903. The Hall–Kier alpha value is -2.52. The number of hydrogen-bond donors (Lipinski definition) is 1. The minimum Gasteiger partial charge on any atom is -0.378 e. The second-order valence-electron chi connectivity index (χ2n) is 7.05. The van der Waals surface area contributed by atoms with Crippen molar-refractivity contribution in [2.45, 2.75) is 13.0 Å². The molecule has 1 N–H and O–H groups in total. The van der Waals surface area contributed by atoms with Crippen LogP contribution < -0.4 is 15.1 Å². The number of carbonyl (C=O) groups excluding carboxylic acids is 2. The lowest BCUT2D eigenvalue weighted by Crippen LogP contribution is -2.37. The molecular formula is C20H22BrN5O3. The summed E-state index contributed by atoms with van der Waals surface area (Å²) in [7, 11) is 0. The van der Waals surface area contributed by atoms with Crippen LogP contribution in [0, 0.1) is 5.92 Å². The largest absolute Gasteiger partial charge is 0.378 e. The summed E-state index contributed by atoms with van der Waals surface area (Å²) in [6.45, 7) is 3.52. The number of anilines is 2. The maximum absolute atomic E-state index is 12.6. The molecule has 1 atom stereocenters. The normalized spacial score (nSPS) is 19.5. The van der Waals surface area contributed by atoms with Gasteiger partial charge in [-0.1, -0.05) is 22.0 Å². The van der Waals surface area contributed by atoms with Gasteiger partial charge in [0.15, 0.2) is 0 Å². The summed E-state index contributed by atoms with van der Waals surface area (Å²) in [6.07, 6.45) is 1.91. The molecule has 1 unspecified atom stereocenters. The first kappa shape index (κ1) is 19.8. The van der Waals surface area contributed by atoms with Crippen LogP contribution in [-0.4, -0.2) is 54.6 Å². The highest BCUT2D eigenvalue weighted by Crippen LogP contribution is 2.27. The zero-order valence-electron chi connectivity index (χ0n) is 15.9. The molecule has 0 saturated carbocycles. The number of carbonyl (C=O) groups is 2. The van der Waals surface area contributed by atoms with Crippen LogP contribution in [0.4, 0.5) is 11.6 Å². The van der Waals surface area contributed by atoms with E-state index < -0.39 is 0 Å². The molecule has 4 rings (SSSR count). The number of hydrogen-bond acceptors (Lipinski definition) is 6. The molecular weight excluding hydrogens is 438 g/mol. The van der Waals surface area contributed by atoms with Crippen LogP contribution in [0.3, 0.4) is 0 Å². The van der Waals surface area contributed by atoms with E-state index >= 15 is 0 Å². The summed E-state index contributed by atoms with van der Waals surface area (Å²) in [5.74, 6) is 0.0984. The van der Waals surface area contributed by atoms with Crippen LogP contribution in [0.1, 0.15) is 12.1 Å². The van der Waals surface area contributed by atoms with E-state index in [1.54, 1.807) is 17.2 Å². The van der Waals surface area contributed by atoms with Gasteiger partial charge in [-0.2, -0.15) is 0 Å². The summed E-state index contributed by atoms with van der Waals surface area (Å²) in [5, 5.41) is 2.91. The van der Waals surface area contributed by atoms with Crippen LogP contribution in [0.15, 0.2) is 41.0 Å². The lowest BCUT2D eigenvalue weighted by molar-refractivity contribution is -0.126. The van der Waals surface area contributed by atoms with Crippen molar-refractivity contribution < 1.29 is 14.3 Å². The van der Waals surface area contributed by atoms with Gasteiger partial charge >= 0.3 is 0 Å². The third kappa shape index (κ3) is 4.73. The first-order chi connectivity index (χ1) is 14.1. The zero-order valence-corrected chi connectivity index (χ0v) is 17.5. The number of nitrogens with zero attached hydrogens (tertiary/aromatic N) is 4. The lowest BCUT2D eigenvalue weighted by atomic mass is 10.1. The van der Waals surface area contributed by atoms with Gasteiger partial charge in [-0.05, 0) is 24.3 Å². The monoisotopic (exact) mass is 459 g/mol. The predicted molar refractivity (Wildman–Crippen MR) is 112 cm³/mol. The highest BCUT2D eigenvalue weighted by atomic mass is 79.9. The molecule has 1 aromatic carbocycles. The number of ether oxygens (including phenoxy) is 1. The van der Waals surface area contributed by atoms with Crippen molar-refractivity contribution in [1.29, 1.82) is 0 Å². The number of morpholine rings is 1. The van der Waals surface area contributed by atoms with Crippen LogP contribution in [0.25, 0.3) is 0 Å². The molecule has 0 radical (unpaired) electrons. The molecule has 0 spiro atoms. The predicted octanol–water partition coefficient (Wildman–Crippen LogP) is 1.75. The van der Waals surface area contributed by atoms with Crippen molar-refractivity contribution in [3.05, 3.63) is 46.7 Å². The van der Waals surface area contributed by atoms with E-state index in [0.717, 1.165) is 28.9 Å². The van der Waals surface area contributed by atoms with E-state index in [1.165, 1.54) is 0 Å². The number of halogens is 1. The Morgan fingerprint density at radius 1 is 1.28 bits per heavy atom. The molecule has 152 valence electrons. The molecule has 2 aliphatic rings. The molecule has 2 saturated heterocycles. The number of benzene rings is 1. The molecule has 0 aliphatic carbocycles. The van der Waals surface area contributed by atoms with E-state index in [2.05, 4.69) is 36.1 Å². The fourth-order valence-corrected chi connectivity index (χ4v) is 3.88. The van der Waals surface area contributed by atoms with Crippen molar-refractivity contribution in [3.63, 3.8) is 0 Å². The molecule has 2 aromatic rings. The minimum atomic E-state index is -0.373. The highest BCUT2D eigenvalue weighted by Gasteiger charge is 2.35. The van der Waals surface area contributed by atoms with Gasteiger partial charge in [0.05, 0.1) is 31.4 Å². The summed E-state index contributed by atoms with van der Waals surface area (Å²) in [6, 6.07) is 9.32. The van der Waals surface area contributed by atoms with Crippen molar-refractivity contribution >= 4 is 39.4 Å². The molecule has 0 bridgehead atoms. The van der Waals surface area contributed by atoms with E-state index in [1.807, 2.05) is 24.3 Å². The molecule has 1 aromatic heterocycles. The Balaban J connectivity index is 1.35. The second-order valence-corrected chi connectivity index (χ2v) is 7.97. The van der Waals surface area contributed by atoms with Gasteiger partial charge < -0.3 is 19.9 Å². The average Bonchev–Trinajstić information content (AvgIpc) is 3.15. The Morgan fingerprint density at radius 2 is 2.10 bits per heavy atom. The number of aromatic nitrogens is 2. The summed E-state index contributed by atoms with van der Waals surface area (Å²) < 4.78 is 6.25. The average molecular weight is 460 g/mol. The quantitative estimate of drug-likeness (QED) is 0.732. The first-order valence-corrected chi connectivity index (χ1v) is 10.4. The molecule has 2 fully saturated rings. The van der Waals surface area contributed by atoms with Gasteiger partial charge in [0.1, 0.15) is 0 Å². The van der Waals surface area contributed by atoms with Crippen molar-refractivity contribution in [2.75, 3.05) is 42.6 Å². The molecule has 8 nitrogen and oxygen atoms in total. The van der Waals surface area contributed by atoms with Crippen LogP contribution >= 0.6 is 15.9 Å². The number of amides is 2. The van der Waals surface area contributed by atoms with Crippen LogP contribution in [-0.2, 0) is 20.9 Å². The van der Waals surface area contributed by atoms with Crippen LogP contribution in [0.2, 0.25) is 0 Å². The standard InChI is InChI=1S/C20H22BrN5O3/c21-15-2-1-3-17(11-15)26-13-14(10-18(26)27)19(28)23-12-16-4-5-22-20(24-16)25-6-8-29-9-7-25/h1-5,11,14H,6-10,12-13H2,(H,23,28). The topological polar surface area (TPSA) is 87.7 Å². The fourth-order valence-electron chi connectivity index (χ4n) is 3.50. The first-order valence-electron chi connectivity index (χ1n) is 9.58. The molecule has 3 heterocycles. The fraction of sp³-hybridized carbons (Fsp3) is 0.400. The van der Waals surface area contributed by atoms with E-state index in [9.17, 15) is 9.59 Å². The van der Waals surface area contributed by atoms with Gasteiger partial charge in [0.2, 0.25) is 17.8 Å². The Kier molecular flexibility index (Phi) is 6.05. The molecule has 9 heteroatoms. The van der Waals surface area contributed by atoms with Crippen molar-refractivity contribution in [3.8, 4) is 0 Å². The lowest BCUT2D eigenvalue weighted by Gasteiger charge is -2.26.